The first-order valence-electron chi connectivity index (χ1n) is 3.39. The summed E-state index contributed by atoms with van der Waals surface area (Å²) in [5.74, 6) is 0. The Morgan fingerprint density at radius 1 is 1.08 bits per heavy atom. The fourth-order valence-electron chi connectivity index (χ4n) is 1.07. The zero-order valence-electron chi connectivity index (χ0n) is 6.82. The summed E-state index contributed by atoms with van der Waals surface area (Å²) in [7, 11) is 0. The number of rotatable bonds is 0. The van der Waals surface area contributed by atoms with Crippen LogP contribution in [0.3, 0.4) is 0 Å². The van der Waals surface area contributed by atoms with Gasteiger partial charge in [0.25, 0.3) is 0 Å². The van der Waals surface area contributed by atoms with E-state index in [4.69, 9.17) is 12.6 Å². The Bertz CT molecular complexity index is 384. The summed E-state index contributed by atoms with van der Waals surface area (Å²) in [6, 6.07) is 9.73. The second kappa shape index (κ2) is 4.19. The van der Waals surface area contributed by atoms with E-state index in [0.29, 0.717) is 0 Å². The number of fused-ring (bicyclic) bond motifs is 1. The monoisotopic (exact) mass is 183 g/mol. The molecule has 0 saturated heterocycles. The summed E-state index contributed by atoms with van der Waals surface area (Å²) in [4.78, 5) is 5.05. The van der Waals surface area contributed by atoms with E-state index in [1.807, 2.05) is 30.3 Å². The smallest absolute Gasteiger partial charge is 0.779 e. The van der Waals surface area contributed by atoms with Gasteiger partial charge in [0.1, 0.15) is 0 Å². The average Bonchev–Trinajstić information content (AvgIpc) is 2.06. The third kappa shape index (κ3) is 1.77. The molecule has 54 valence electrons. The van der Waals surface area contributed by atoms with Crippen molar-refractivity contribution >= 4 is 23.5 Å². The first kappa shape index (κ1) is 9.93. The Morgan fingerprint density at radius 3 is 2.58 bits per heavy atom. The summed E-state index contributed by atoms with van der Waals surface area (Å²) in [5, 5.41) is 1.06. The van der Waals surface area contributed by atoms with E-state index in [9.17, 15) is 0 Å². The summed E-state index contributed by atoms with van der Waals surface area (Å²) in [6.45, 7) is 0. The molecule has 0 radical (unpaired) electrons. The van der Waals surface area contributed by atoms with Gasteiger partial charge in [0, 0.05) is 6.20 Å². The van der Waals surface area contributed by atoms with Crippen LogP contribution in [0.4, 0.5) is 0 Å². The maximum absolute atomic E-state index is 5.11. The molecule has 0 bridgehead atoms. The van der Waals surface area contributed by atoms with Crippen LogP contribution in [0, 0.1) is 0 Å². The molecule has 12 heavy (non-hydrogen) atoms. The standard InChI is InChI=1S/C9H7NS.Na/c11-9-5-6-10-8-4-2-1-3-7(8)9;/h1-6H,(H,10,11);/q;+1/p-1. The van der Waals surface area contributed by atoms with Crippen LogP contribution in [0.25, 0.3) is 10.9 Å². The number of aromatic nitrogens is 1. The SMILES string of the molecule is [Na+].[S-]c1ccnc2ccccc12. The predicted molar refractivity (Wildman–Crippen MR) is 47.4 cm³/mol. The first-order valence-corrected chi connectivity index (χ1v) is 3.79. The van der Waals surface area contributed by atoms with E-state index in [1.165, 1.54) is 0 Å². The molecular weight excluding hydrogens is 177 g/mol. The average molecular weight is 183 g/mol. The van der Waals surface area contributed by atoms with Gasteiger partial charge in [-0.15, -0.1) is 0 Å². The molecular formula is C9H6NNaS. The number of hydrogen-bond acceptors (Lipinski definition) is 2. The van der Waals surface area contributed by atoms with Gasteiger partial charge in [-0.2, -0.15) is 4.90 Å². The Kier molecular flexibility index (Phi) is 3.47. The molecule has 0 amide bonds. The van der Waals surface area contributed by atoms with E-state index < -0.39 is 0 Å². The van der Waals surface area contributed by atoms with Gasteiger partial charge in [-0.05, 0) is 11.5 Å². The van der Waals surface area contributed by atoms with Gasteiger partial charge in [-0.3, -0.25) is 4.98 Å². The van der Waals surface area contributed by atoms with Crippen LogP contribution >= 0.6 is 0 Å². The van der Waals surface area contributed by atoms with E-state index in [-0.39, 0.29) is 29.6 Å². The normalized spacial score (nSPS) is 9.33. The Morgan fingerprint density at radius 2 is 1.83 bits per heavy atom. The summed E-state index contributed by atoms with van der Waals surface area (Å²) in [6.07, 6.45) is 1.74. The van der Waals surface area contributed by atoms with Gasteiger partial charge in [-0.1, -0.05) is 24.3 Å². The molecule has 0 saturated carbocycles. The van der Waals surface area contributed by atoms with E-state index in [0.717, 1.165) is 15.8 Å². The molecule has 1 heterocycles. The molecule has 3 heteroatoms. The van der Waals surface area contributed by atoms with Crippen LogP contribution < -0.4 is 29.6 Å². The van der Waals surface area contributed by atoms with Gasteiger partial charge < -0.3 is 12.6 Å². The molecule has 0 unspecified atom stereocenters. The zero-order chi connectivity index (χ0) is 7.68. The molecule has 1 aromatic carbocycles. The minimum atomic E-state index is 0. The molecule has 0 spiro atoms. The zero-order valence-corrected chi connectivity index (χ0v) is 9.64. The van der Waals surface area contributed by atoms with Crippen molar-refractivity contribution in [2.45, 2.75) is 4.90 Å². The predicted octanol–water partition coefficient (Wildman–Crippen LogP) is -0.855. The molecule has 1 nitrogen and oxygen atoms in total. The van der Waals surface area contributed by atoms with E-state index in [2.05, 4.69) is 4.98 Å². The maximum Gasteiger partial charge on any atom is 1.00 e. The molecule has 0 aliphatic carbocycles. The van der Waals surface area contributed by atoms with Crippen molar-refractivity contribution in [3.05, 3.63) is 36.5 Å². The van der Waals surface area contributed by atoms with Crippen molar-refractivity contribution in [3.63, 3.8) is 0 Å². The number of pyridine rings is 1. The minimum Gasteiger partial charge on any atom is -0.779 e. The third-order valence-corrected chi connectivity index (χ3v) is 1.97. The number of para-hydroxylation sites is 1. The van der Waals surface area contributed by atoms with Crippen molar-refractivity contribution < 1.29 is 29.6 Å². The number of hydrogen-bond donors (Lipinski definition) is 0. The van der Waals surface area contributed by atoms with Gasteiger partial charge in [0.2, 0.25) is 0 Å². The first-order chi connectivity index (χ1) is 5.38. The molecule has 0 fully saturated rings. The fourth-order valence-corrected chi connectivity index (χ4v) is 1.30. The van der Waals surface area contributed by atoms with Crippen LogP contribution in [0.5, 0.6) is 0 Å². The largest absolute Gasteiger partial charge is 1.00 e. The van der Waals surface area contributed by atoms with Crippen LogP contribution in [0.1, 0.15) is 0 Å². The summed E-state index contributed by atoms with van der Waals surface area (Å²) < 4.78 is 0. The van der Waals surface area contributed by atoms with E-state index >= 15 is 0 Å². The van der Waals surface area contributed by atoms with Crippen molar-refractivity contribution in [1.29, 1.82) is 0 Å². The molecule has 2 aromatic rings. The number of nitrogens with zero attached hydrogens (tertiary/aromatic N) is 1. The molecule has 0 atom stereocenters. The van der Waals surface area contributed by atoms with Gasteiger partial charge in [-0.25, -0.2) is 0 Å². The second-order valence-electron chi connectivity index (χ2n) is 2.33. The van der Waals surface area contributed by atoms with Crippen LogP contribution in [0.2, 0.25) is 0 Å². The third-order valence-electron chi connectivity index (χ3n) is 1.61. The van der Waals surface area contributed by atoms with Crippen LogP contribution in [0.15, 0.2) is 41.4 Å². The van der Waals surface area contributed by atoms with Gasteiger partial charge in [0.05, 0.1) is 5.52 Å². The molecule has 0 aliphatic rings. The van der Waals surface area contributed by atoms with Gasteiger partial charge >= 0.3 is 29.6 Å². The maximum atomic E-state index is 5.11. The van der Waals surface area contributed by atoms with Crippen molar-refractivity contribution in [1.82, 2.24) is 4.98 Å². The van der Waals surface area contributed by atoms with Crippen LogP contribution in [-0.4, -0.2) is 4.98 Å². The molecule has 2 rings (SSSR count). The second-order valence-corrected chi connectivity index (χ2v) is 2.77. The Hall–Kier alpha value is -0.150. The van der Waals surface area contributed by atoms with Crippen molar-refractivity contribution in [2.75, 3.05) is 0 Å². The fraction of sp³-hybridized carbons (Fsp3) is 0. The van der Waals surface area contributed by atoms with Crippen molar-refractivity contribution in [2.24, 2.45) is 0 Å². The quantitative estimate of drug-likeness (QED) is 0.389. The number of benzene rings is 1. The minimum absolute atomic E-state index is 0. The topological polar surface area (TPSA) is 12.9 Å². The Balaban J connectivity index is 0.000000720. The summed E-state index contributed by atoms with van der Waals surface area (Å²) >= 11 is 5.11. The van der Waals surface area contributed by atoms with Gasteiger partial charge in [0.15, 0.2) is 0 Å². The van der Waals surface area contributed by atoms with Crippen molar-refractivity contribution in [3.8, 4) is 0 Å². The Labute approximate surface area is 98.9 Å². The molecule has 0 N–H and O–H groups in total. The molecule has 1 aromatic heterocycles. The summed E-state index contributed by atoms with van der Waals surface area (Å²) in [5.41, 5.74) is 0.972. The van der Waals surface area contributed by atoms with E-state index in [1.54, 1.807) is 6.20 Å². The van der Waals surface area contributed by atoms with Crippen LogP contribution in [-0.2, 0) is 12.6 Å². The molecule has 0 aliphatic heterocycles.